The van der Waals surface area contributed by atoms with E-state index in [-0.39, 0.29) is 35.2 Å². The molecular formula is C63H135N2O6S+. The maximum Gasteiger partial charge on any atom is 0.208 e. The Hall–Kier alpha value is -1.55. The van der Waals surface area contributed by atoms with E-state index in [1.54, 1.807) is 49.0 Å². The number of rotatable bonds is 20. The number of hydrogen-bond acceptors (Lipinski definition) is 8. The van der Waals surface area contributed by atoms with E-state index in [0.29, 0.717) is 47.3 Å². The van der Waals surface area contributed by atoms with Crippen LogP contribution in [0.2, 0.25) is 0 Å². The molecule has 9 heteroatoms. The first-order chi connectivity index (χ1) is 32.2. The van der Waals surface area contributed by atoms with Gasteiger partial charge in [-0.25, -0.2) is 0 Å². The third-order valence-corrected chi connectivity index (χ3v) is 14.1. The van der Waals surface area contributed by atoms with Crippen molar-refractivity contribution in [1.29, 1.82) is 0 Å². The summed E-state index contributed by atoms with van der Waals surface area (Å²) < 4.78 is 12.0. The number of ketones is 3. The lowest BCUT2D eigenvalue weighted by atomic mass is 9.88. The highest BCUT2D eigenvalue weighted by Crippen LogP contribution is 2.30. The molecule has 0 radical (unpaired) electrons. The Morgan fingerprint density at radius 3 is 0.736 bits per heavy atom. The maximum atomic E-state index is 10.9. The van der Waals surface area contributed by atoms with Crippen molar-refractivity contribution in [3.8, 4) is 0 Å². The first kappa shape index (κ1) is 87.1. The van der Waals surface area contributed by atoms with Gasteiger partial charge in [-0.3, -0.25) is 19.6 Å². The summed E-state index contributed by atoms with van der Waals surface area (Å²) in [6, 6.07) is 0.687. The minimum atomic E-state index is -0.417. The number of hydroxylamine groups is 1. The summed E-state index contributed by atoms with van der Waals surface area (Å²) in [5.74, 6) is 8.16. The van der Waals surface area contributed by atoms with Gasteiger partial charge in [0.25, 0.3) is 0 Å². The summed E-state index contributed by atoms with van der Waals surface area (Å²) in [5.41, 5.74) is 1.08. The van der Waals surface area contributed by atoms with E-state index >= 15 is 0 Å². The van der Waals surface area contributed by atoms with Crippen LogP contribution >= 0.6 is 12.2 Å². The summed E-state index contributed by atoms with van der Waals surface area (Å²) in [6.45, 7) is 73.1. The minimum absolute atomic E-state index is 0.157. The third kappa shape index (κ3) is 48.1. The van der Waals surface area contributed by atoms with Gasteiger partial charge in [-0.05, 0) is 83.8 Å². The van der Waals surface area contributed by atoms with E-state index in [0.717, 1.165) is 47.1 Å². The normalized spacial score (nSPS) is 11.5. The van der Waals surface area contributed by atoms with Crippen molar-refractivity contribution in [1.82, 2.24) is 4.90 Å². The van der Waals surface area contributed by atoms with Crippen molar-refractivity contribution in [2.45, 2.75) is 247 Å². The summed E-state index contributed by atoms with van der Waals surface area (Å²) in [4.78, 5) is 36.3. The Bertz CT molecular complexity index is 1210. The first-order valence-electron chi connectivity index (χ1n) is 28.4. The third-order valence-electron chi connectivity index (χ3n) is 13.1. The maximum absolute atomic E-state index is 10.9. The van der Waals surface area contributed by atoms with Crippen LogP contribution in [0.1, 0.15) is 235 Å². The monoisotopic (exact) mass is 1050 g/mol. The fourth-order valence-corrected chi connectivity index (χ4v) is 7.34. The quantitative estimate of drug-likeness (QED) is 0.0245. The van der Waals surface area contributed by atoms with Gasteiger partial charge < -0.3 is 14.4 Å². The number of carbonyl (C=O) groups excluding carboxylic acids is 3. The van der Waals surface area contributed by atoms with Gasteiger partial charge >= 0.3 is 0 Å². The van der Waals surface area contributed by atoms with E-state index in [1.165, 1.54) is 16.1 Å². The molecule has 0 aromatic heterocycles. The minimum Gasteiger partial charge on any atom is -0.353 e. The Kier molecular flexibility index (Phi) is 57.9. The van der Waals surface area contributed by atoms with E-state index < -0.39 is 5.79 Å². The van der Waals surface area contributed by atoms with Crippen LogP contribution in [-0.4, -0.2) is 89.5 Å². The second-order valence-electron chi connectivity index (χ2n) is 25.3. The first-order valence-corrected chi connectivity index (χ1v) is 28.9. The van der Waals surface area contributed by atoms with Gasteiger partial charge in [-0.1, -0.05) is 234 Å². The molecule has 72 heavy (non-hydrogen) atoms. The van der Waals surface area contributed by atoms with Crippen LogP contribution in [0.4, 0.5) is 0 Å². The van der Waals surface area contributed by atoms with Crippen LogP contribution in [0.5, 0.6) is 0 Å². The predicted octanol–water partition coefficient (Wildman–Crippen LogP) is 17.9. The van der Waals surface area contributed by atoms with Gasteiger partial charge in [0, 0.05) is 74.1 Å². The lowest BCUT2D eigenvalue weighted by Gasteiger charge is -2.38. The van der Waals surface area contributed by atoms with Crippen LogP contribution in [-0.2, 0) is 23.9 Å². The molecule has 8 nitrogen and oxygen atoms in total. The molecule has 0 saturated carbocycles. The highest BCUT2D eigenvalue weighted by atomic mass is 32.1. The van der Waals surface area contributed by atoms with Crippen LogP contribution in [0.25, 0.3) is 0 Å². The number of ether oxygens (including phenoxy) is 2. The van der Waals surface area contributed by atoms with Gasteiger partial charge in [0.05, 0.1) is 0 Å². The zero-order valence-electron chi connectivity index (χ0n) is 55.9. The molecule has 0 atom stereocenters. The summed E-state index contributed by atoms with van der Waals surface area (Å²) in [6.07, 6.45) is 0. The highest BCUT2D eigenvalue weighted by Gasteiger charge is 2.37. The van der Waals surface area contributed by atoms with E-state index in [1.807, 2.05) is 27.7 Å². The molecule has 0 heterocycles. The zero-order chi connectivity index (χ0) is 60.1. The van der Waals surface area contributed by atoms with E-state index in [4.69, 9.17) is 26.9 Å². The average molecular weight is 1050 g/mol. The van der Waals surface area contributed by atoms with Gasteiger partial charge in [0.1, 0.15) is 5.78 Å². The second-order valence-corrected chi connectivity index (χ2v) is 25.8. The smallest absolute Gasteiger partial charge is 0.208 e. The average Bonchev–Trinajstić information content (AvgIpc) is 3.22. The number of thiocarbonyl (C=S) groups is 1. The van der Waals surface area contributed by atoms with Gasteiger partial charge in [-0.15, -0.1) is 0 Å². The van der Waals surface area contributed by atoms with E-state index in [9.17, 15) is 14.4 Å². The second kappa shape index (κ2) is 47.9. The molecule has 0 aromatic carbocycles. The SMILES string of the molecule is CC(C)C(=O)C(=O)C(C)C.CC(C)C(=O)C(C)C.CC(C)C(=S)C(C)C.CC(C)C(C(C)C)=[N+](C)O.CC(C)C(C)C(C)C.CC(C)C(C)C(C)C.CC(C)CN(C)C(C)C.COC(OC)(C(C)C)C(C)C. The van der Waals surface area contributed by atoms with E-state index in [2.05, 4.69) is 192 Å². The van der Waals surface area contributed by atoms with Crippen LogP contribution in [0, 0.1) is 101 Å². The molecule has 0 rings (SSSR count). The molecule has 438 valence electrons. The standard InChI is InChI=1S/C9H20O2.C8H18NO.C8H19N.C8H14O2.2C8H18.C7H14O.C7H14S/c1-7(2)9(10-5,11-6)8(3)4;1-6(2)8(7(3)4)9(5)10;1-7(2)6-9(5)8(3)4;1-5(2)7(9)8(10)6(3)4;2*1-6(2)8(5)7(3)4;2*1-5(2)7(8)6(3)4/h7-8H,1-6H3;6-7,10H,1-5H3;7-8H,6H2,1-5H3;5-6H,1-4H3;2*6-8H,1-5H3;2*5-6H,1-4H3/q;+1;;;;;;. The van der Waals surface area contributed by atoms with Crippen molar-refractivity contribution in [3.05, 3.63) is 0 Å². The Labute approximate surface area is 459 Å². The Morgan fingerprint density at radius 1 is 0.458 bits per heavy atom. The molecule has 0 spiro atoms. The lowest BCUT2D eigenvalue weighted by molar-refractivity contribution is -0.757. The number of nitrogens with zero attached hydrogens (tertiary/aromatic N) is 2. The fourth-order valence-electron chi connectivity index (χ4n) is 7.34. The predicted molar refractivity (Wildman–Crippen MR) is 326 cm³/mol. The molecule has 0 aromatic rings. The molecule has 0 saturated heterocycles. The van der Waals surface area contributed by atoms with Crippen molar-refractivity contribution in [3.63, 3.8) is 0 Å². The molecule has 0 aliphatic rings. The zero-order valence-corrected chi connectivity index (χ0v) is 56.7. The van der Waals surface area contributed by atoms with Gasteiger partial charge in [-0.2, -0.15) is 0 Å². The highest BCUT2D eigenvalue weighted by molar-refractivity contribution is 7.80. The van der Waals surface area contributed by atoms with Crippen molar-refractivity contribution in [2.24, 2.45) is 101 Å². The molecule has 0 fully saturated rings. The molecular weight excluding hydrogens is 913 g/mol. The van der Waals surface area contributed by atoms with Crippen molar-refractivity contribution in [2.75, 3.05) is 34.9 Å². The lowest BCUT2D eigenvalue weighted by Crippen LogP contribution is -2.44. The summed E-state index contributed by atoms with van der Waals surface area (Å²) in [5, 5.41) is 9.15. The van der Waals surface area contributed by atoms with Crippen LogP contribution < -0.4 is 0 Å². The number of hydrogen-bond donors (Lipinski definition) is 1. The number of methoxy groups -OCH3 is 2. The molecule has 1 N–H and O–H groups in total. The Balaban J connectivity index is -0.000000109. The van der Waals surface area contributed by atoms with Crippen molar-refractivity contribution < 1.29 is 33.8 Å². The van der Waals surface area contributed by atoms with Gasteiger partial charge in [0.2, 0.25) is 17.3 Å². The Morgan fingerprint density at radius 2 is 0.708 bits per heavy atom. The van der Waals surface area contributed by atoms with Crippen molar-refractivity contribution >= 4 is 40.1 Å². The topological polar surface area (TPSA) is 96.2 Å². The molecule has 0 aliphatic heterocycles. The number of Topliss-reactive ketones (excluding diaryl/α,β-unsaturated/α-hetero) is 3. The number of carbonyl (C=O) groups is 3. The summed E-state index contributed by atoms with van der Waals surface area (Å²) >= 11 is 5.10. The molecule has 0 bridgehead atoms. The summed E-state index contributed by atoms with van der Waals surface area (Å²) in [7, 11) is 7.24. The van der Waals surface area contributed by atoms with Crippen LogP contribution in [0.3, 0.4) is 0 Å². The van der Waals surface area contributed by atoms with Crippen LogP contribution in [0.15, 0.2) is 0 Å². The molecule has 0 amide bonds. The van der Waals surface area contributed by atoms with Gasteiger partial charge in [0.15, 0.2) is 12.8 Å². The largest absolute Gasteiger partial charge is 0.353 e. The molecule has 0 unspecified atom stereocenters. The molecule has 0 aliphatic carbocycles. The fraction of sp³-hybridized carbons (Fsp3) is 0.921.